The van der Waals surface area contributed by atoms with Gasteiger partial charge >= 0.3 is 6.09 Å². The average Bonchev–Trinajstić information content (AvgIpc) is 2.52. The summed E-state index contributed by atoms with van der Waals surface area (Å²) in [5, 5.41) is 8.53. The predicted molar refractivity (Wildman–Crippen MR) is 96.9 cm³/mol. The first-order valence-electron chi connectivity index (χ1n) is 8.45. The number of amides is 1. The van der Waals surface area contributed by atoms with Gasteiger partial charge in [0.25, 0.3) is 0 Å². The lowest BCUT2D eigenvalue weighted by atomic mass is 10.1. The van der Waals surface area contributed by atoms with Crippen LogP contribution >= 0.6 is 0 Å². The van der Waals surface area contributed by atoms with Gasteiger partial charge in [0.05, 0.1) is 5.69 Å². The van der Waals surface area contributed by atoms with Gasteiger partial charge < -0.3 is 15.4 Å². The molecule has 5 heteroatoms. The second kappa shape index (κ2) is 8.64. The van der Waals surface area contributed by atoms with Gasteiger partial charge in [0.2, 0.25) is 0 Å². The SMILES string of the molecule is CC(C)(C)OC(=O)NCCCCNCc1cc2ccccc2cn1. The molecule has 0 radical (unpaired) electrons. The summed E-state index contributed by atoms with van der Waals surface area (Å²) in [5.41, 5.74) is 0.596. The van der Waals surface area contributed by atoms with Crippen LogP contribution in [-0.2, 0) is 11.3 Å². The van der Waals surface area contributed by atoms with Crippen molar-refractivity contribution < 1.29 is 9.53 Å². The van der Waals surface area contributed by atoms with Crippen molar-refractivity contribution in [3.8, 4) is 0 Å². The molecule has 1 aromatic carbocycles. The Kier molecular flexibility index (Phi) is 6.55. The van der Waals surface area contributed by atoms with Crippen molar-refractivity contribution in [3.05, 3.63) is 42.2 Å². The number of rotatable bonds is 7. The van der Waals surface area contributed by atoms with Gasteiger partial charge in [-0.2, -0.15) is 0 Å². The van der Waals surface area contributed by atoms with E-state index in [0.29, 0.717) is 6.54 Å². The summed E-state index contributed by atoms with van der Waals surface area (Å²) in [6.45, 7) is 7.85. The number of nitrogens with zero attached hydrogens (tertiary/aromatic N) is 1. The highest BCUT2D eigenvalue weighted by Crippen LogP contribution is 2.13. The number of benzene rings is 1. The number of carbonyl (C=O) groups is 1. The van der Waals surface area contributed by atoms with Gasteiger partial charge in [-0.1, -0.05) is 24.3 Å². The molecule has 24 heavy (non-hydrogen) atoms. The van der Waals surface area contributed by atoms with Crippen molar-refractivity contribution in [2.75, 3.05) is 13.1 Å². The number of unbranched alkanes of at least 4 members (excludes halogenated alkanes) is 1. The lowest BCUT2D eigenvalue weighted by molar-refractivity contribution is 0.0527. The van der Waals surface area contributed by atoms with E-state index in [0.717, 1.165) is 37.0 Å². The summed E-state index contributed by atoms with van der Waals surface area (Å²) in [7, 11) is 0. The normalized spacial score (nSPS) is 11.5. The largest absolute Gasteiger partial charge is 0.444 e. The molecule has 0 aliphatic rings. The van der Waals surface area contributed by atoms with Gasteiger partial charge in [0, 0.05) is 24.7 Å². The Balaban J connectivity index is 1.58. The molecular weight excluding hydrogens is 302 g/mol. The second-order valence-electron chi connectivity index (χ2n) is 6.84. The number of nitrogens with one attached hydrogen (secondary N) is 2. The molecular formula is C19H27N3O2. The molecule has 1 amide bonds. The van der Waals surface area contributed by atoms with Gasteiger partial charge in [-0.05, 0) is 51.6 Å². The van der Waals surface area contributed by atoms with E-state index in [4.69, 9.17) is 4.74 Å². The smallest absolute Gasteiger partial charge is 0.407 e. The number of fused-ring (bicyclic) bond motifs is 1. The highest BCUT2D eigenvalue weighted by Gasteiger charge is 2.15. The molecule has 0 unspecified atom stereocenters. The van der Waals surface area contributed by atoms with Crippen LogP contribution in [0.2, 0.25) is 0 Å². The number of hydrogen-bond donors (Lipinski definition) is 2. The minimum atomic E-state index is -0.446. The molecule has 0 fully saturated rings. The van der Waals surface area contributed by atoms with Gasteiger partial charge in [0.1, 0.15) is 5.60 Å². The van der Waals surface area contributed by atoms with Crippen molar-refractivity contribution in [3.63, 3.8) is 0 Å². The van der Waals surface area contributed by atoms with Crippen LogP contribution in [-0.4, -0.2) is 29.8 Å². The van der Waals surface area contributed by atoms with E-state index in [1.807, 2.05) is 39.1 Å². The zero-order valence-electron chi connectivity index (χ0n) is 14.8. The van der Waals surface area contributed by atoms with E-state index in [-0.39, 0.29) is 6.09 Å². The van der Waals surface area contributed by atoms with Crippen LogP contribution in [0.5, 0.6) is 0 Å². The first-order valence-corrected chi connectivity index (χ1v) is 8.45. The predicted octanol–water partition coefficient (Wildman–Crippen LogP) is 3.63. The first kappa shape index (κ1) is 18.2. The van der Waals surface area contributed by atoms with Crippen molar-refractivity contribution in [2.45, 2.75) is 45.8 Å². The molecule has 2 rings (SSSR count). The fraction of sp³-hybridized carbons (Fsp3) is 0.474. The number of aromatic nitrogens is 1. The maximum absolute atomic E-state index is 11.5. The minimum absolute atomic E-state index is 0.351. The molecule has 2 N–H and O–H groups in total. The third-order valence-corrected chi connectivity index (χ3v) is 3.44. The van der Waals surface area contributed by atoms with Gasteiger partial charge in [-0.3, -0.25) is 4.98 Å². The zero-order valence-corrected chi connectivity index (χ0v) is 14.8. The average molecular weight is 329 g/mol. The van der Waals surface area contributed by atoms with E-state index < -0.39 is 5.60 Å². The highest BCUT2D eigenvalue weighted by atomic mass is 16.6. The lowest BCUT2D eigenvalue weighted by Crippen LogP contribution is -2.33. The molecule has 0 saturated carbocycles. The molecule has 5 nitrogen and oxygen atoms in total. The highest BCUT2D eigenvalue weighted by molar-refractivity contribution is 5.81. The third-order valence-electron chi connectivity index (χ3n) is 3.44. The first-order chi connectivity index (χ1) is 11.4. The van der Waals surface area contributed by atoms with E-state index in [9.17, 15) is 4.79 Å². The summed E-state index contributed by atoms with van der Waals surface area (Å²) in [5.74, 6) is 0. The summed E-state index contributed by atoms with van der Waals surface area (Å²) < 4.78 is 5.18. The molecule has 0 saturated heterocycles. The Morgan fingerprint density at radius 2 is 1.83 bits per heavy atom. The quantitative estimate of drug-likeness (QED) is 0.762. The standard InChI is InChI=1S/C19H27N3O2/c1-19(2,3)24-18(23)21-11-7-6-10-20-14-17-12-15-8-4-5-9-16(15)13-22-17/h4-5,8-9,12-13,20H,6-7,10-11,14H2,1-3H3,(H,21,23). The van der Waals surface area contributed by atoms with E-state index in [1.54, 1.807) is 0 Å². The number of alkyl carbamates (subject to hydrolysis) is 1. The minimum Gasteiger partial charge on any atom is -0.444 e. The van der Waals surface area contributed by atoms with Crippen LogP contribution < -0.4 is 10.6 Å². The van der Waals surface area contributed by atoms with Crippen molar-refractivity contribution in [1.29, 1.82) is 0 Å². The topological polar surface area (TPSA) is 63.2 Å². The van der Waals surface area contributed by atoms with Gasteiger partial charge in [-0.15, -0.1) is 0 Å². The number of carbonyl (C=O) groups excluding carboxylic acids is 1. The molecule has 0 aliphatic carbocycles. The molecule has 130 valence electrons. The summed E-state index contributed by atoms with van der Waals surface area (Å²) in [6, 6.07) is 10.3. The molecule has 2 aromatic rings. The fourth-order valence-electron chi connectivity index (χ4n) is 2.32. The van der Waals surface area contributed by atoms with E-state index in [2.05, 4.69) is 33.8 Å². The Hall–Kier alpha value is -2.14. The van der Waals surface area contributed by atoms with Crippen molar-refractivity contribution >= 4 is 16.9 Å². The van der Waals surface area contributed by atoms with Crippen LogP contribution in [0.3, 0.4) is 0 Å². The fourth-order valence-corrected chi connectivity index (χ4v) is 2.32. The molecule has 0 bridgehead atoms. The number of ether oxygens (including phenoxy) is 1. The summed E-state index contributed by atoms with van der Waals surface area (Å²) in [6.07, 6.45) is 3.47. The maximum Gasteiger partial charge on any atom is 0.407 e. The van der Waals surface area contributed by atoms with E-state index >= 15 is 0 Å². The summed E-state index contributed by atoms with van der Waals surface area (Å²) >= 11 is 0. The lowest BCUT2D eigenvalue weighted by Gasteiger charge is -2.19. The van der Waals surface area contributed by atoms with Crippen molar-refractivity contribution in [2.24, 2.45) is 0 Å². The molecule has 1 aromatic heterocycles. The molecule has 0 atom stereocenters. The maximum atomic E-state index is 11.5. The van der Waals surface area contributed by atoms with E-state index in [1.165, 1.54) is 5.39 Å². The van der Waals surface area contributed by atoms with Crippen LogP contribution in [0.15, 0.2) is 36.5 Å². The summed E-state index contributed by atoms with van der Waals surface area (Å²) in [4.78, 5) is 15.9. The monoisotopic (exact) mass is 329 g/mol. The molecule has 1 heterocycles. The Morgan fingerprint density at radius 3 is 2.58 bits per heavy atom. The molecule has 0 aliphatic heterocycles. The number of pyridine rings is 1. The number of hydrogen-bond acceptors (Lipinski definition) is 4. The van der Waals surface area contributed by atoms with Crippen molar-refractivity contribution in [1.82, 2.24) is 15.6 Å². The van der Waals surface area contributed by atoms with Crippen LogP contribution in [0, 0.1) is 0 Å². The van der Waals surface area contributed by atoms with Crippen LogP contribution in [0.1, 0.15) is 39.3 Å². The Morgan fingerprint density at radius 1 is 1.12 bits per heavy atom. The van der Waals surface area contributed by atoms with Gasteiger partial charge in [-0.25, -0.2) is 4.79 Å². The third kappa shape index (κ3) is 6.54. The Labute approximate surface area is 143 Å². The van der Waals surface area contributed by atoms with Crippen LogP contribution in [0.25, 0.3) is 10.8 Å². The zero-order chi connectivity index (χ0) is 17.4. The molecule has 0 spiro atoms. The van der Waals surface area contributed by atoms with Gasteiger partial charge in [0.15, 0.2) is 0 Å². The van der Waals surface area contributed by atoms with Crippen LogP contribution in [0.4, 0.5) is 4.79 Å². The second-order valence-corrected chi connectivity index (χ2v) is 6.84. The Bertz CT molecular complexity index is 665.